The smallest absolute Gasteiger partial charge is 0.407 e. The Kier molecular flexibility index (Phi) is 7.27. The molecule has 8 heteroatoms. The molecule has 0 aliphatic heterocycles. The third-order valence-electron chi connectivity index (χ3n) is 5.74. The first-order valence-corrected chi connectivity index (χ1v) is 11.2. The number of hydrogen-bond acceptors (Lipinski definition) is 5. The molecular weight excluding hydrogens is 436 g/mol. The second-order valence-electron chi connectivity index (χ2n) is 8.05. The Labute approximate surface area is 196 Å². The number of hydrogen-bond donors (Lipinski definition) is 3. The number of aliphatic carboxylic acids is 1. The number of fused-ring (bicyclic) bond motifs is 3. The van der Waals surface area contributed by atoms with E-state index in [-0.39, 0.29) is 37.2 Å². The van der Waals surface area contributed by atoms with E-state index in [0.717, 1.165) is 22.3 Å². The van der Waals surface area contributed by atoms with Gasteiger partial charge in [-0.05, 0) is 47.2 Å². The van der Waals surface area contributed by atoms with Crippen LogP contribution in [0.5, 0.6) is 0 Å². The quantitative estimate of drug-likeness (QED) is 0.387. The SMILES string of the molecule is O=C(O)CCCCNC(=O)c1ccc(CNC(=O)OCC2c3ccccc3-c3ccccc32)o1. The van der Waals surface area contributed by atoms with Crippen LogP contribution in [0.4, 0.5) is 4.79 Å². The first kappa shape index (κ1) is 23.1. The van der Waals surface area contributed by atoms with E-state index in [1.165, 1.54) is 6.07 Å². The molecule has 0 saturated heterocycles. The largest absolute Gasteiger partial charge is 0.481 e. The van der Waals surface area contributed by atoms with Gasteiger partial charge in [0.25, 0.3) is 5.91 Å². The molecule has 1 heterocycles. The molecule has 0 saturated carbocycles. The predicted molar refractivity (Wildman–Crippen MR) is 124 cm³/mol. The lowest BCUT2D eigenvalue weighted by Crippen LogP contribution is -2.25. The van der Waals surface area contributed by atoms with Crippen molar-refractivity contribution < 1.29 is 28.6 Å². The van der Waals surface area contributed by atoms with Crippen molar-refractivity contribution >= 4 is 18.0 Å². The number of ether oxygens (including phenoxy) is 1. The van der Waals surface area contributed by atoms with Gasteiger partial charge >= 0.3 is 12.1 Å². The number of amides is 2. The topological polar surface area (TPSA) is 118 Å². The Bertz CT molecular complexity index is 1140. The summed E-state index contributed by atoms with van der Waals surface area (Å²) >= 11 is 0. The summed E-state index contributed by atoms with van der Waals surface area (Å²) < 4.78 is 11.0. The van der Waals surface area contributed by atoms with E-state index >= 15 is 0 Å². The fourth-order valence-electron chi connectivity index (χ4n) is 4.09. The van der Waals surface area contributed by atoms with Gasteiger partial charge in [-0.15, -0.1) is 0 Å². The number of carbonyl (C=O) groups is 3. The monoisotopic (exact) mass is 462 g/mol. The van der Waals surface area contributed by atoms with Crippen molar-refractivity contribution in [3.63, 3.8) is 0 Å². The van der Waals surface area contributed by atoms with Crippen molar-refractivity contribution in [3.05, 3.63) is 83.3 Å². The minimum Gasteiger partial charge on any atom is -0.481 e. The summed E-state index contributed by atoms with van der Waals surface area (Å²) in [6, 6.07) is 19.4. The molecule has 3 aromatic rings. The molecule has 0 spiro atoms. The van der Waals surface area contributed by atoms with E-state index < -0.39 is 12.1 Å². The molecule has 0 atom stereocenters. The van der Waals surface area contributed by atoms with Crippen LogP contribution in [0, 0.1) is 0 Å². The summed E-state index contributed by atoms with van der Waals surface area (Å²) in [6.45, 7) is 0.663. The lowest BCUT2D eigenvalue weighted by molar-refractivity contribution is -0.137. The average Bonchev–Trinajstić information content (AvgIpc) is 3.44. The van der Waals surface area contributed by atoms with E-state index in [1.807, 2.05) is 24.3 Å². The molecule has 3 N–H and O–H groups in total. The molecule has 1 aliphatic rings. The van der Waals surface area contributed by atoms with Crippen LogP contribution in [-0.4, -0.2) is 36.2 Å². The standard InChI is InChI=1S/C26H26N2O6/c29-24(30)11-5-6-14-27-25(31)23-13-12-17(34-23)15-28-26(32)33-16-22-20-9-3-1-7-18(20)19-8-2-4-10-21(19)22/h1-4,7-10,12-13,22H,5-6,11,14-16H2,(H,27,31)(H,28,32)(H,29,30). The van der Waals surface area contributed by atoms with Gasteiger partial charge in [0, 0.05) is 18.9 Å². The number of rotatable bonds is 10. The summed E-state index contributed by atoms with van der Waals surface area (Å²) in [7, 11) is 0. The minimum absolute atomic E-state index is 0.0208. The average molecular weight is 463 g/mol. The van der Waals surface area contributed by atoms with Crippen LogP contribution in [0.1, 0.15) is 52.6 Å². The fraction of sp³-hybridized carbons (Fsp3) is 0.269. The zero-order valence-electron chi connectivity index (χ0n) is 18.6. The second kappa shape index (κ2) is 10.7. The predicted octanol–water partition coefficient (Wildman–Crippen LogP) is 4.30. The van der Waals surface area contributed by atoms with Crippen LogP contribution in [0.2, 0.25) is 0 Å². The van der Waals surface area contributed by atoms with Gasteiger partial charge in [-0.3, -0.25) is 9.59 Å². The van der Waals surface area contributed by atoms with Gasteiger partial charge in [0.1, 0.15) is 12.4 Å². The van der Waals surface area contributed by atoms with Gasteiger partial charge in [-0.1, -0.05) is 48.5 Å². The van der Waals surface area contributed by atoms with Crippen LogP contribution in [0.15, 0.2) is 65.1 Å². The third-order valence-corrected chi connectivity index (χ3v) is 5.74. The Morgan fingerprint density at radius 2 is 1.56 bits per heavy atom. The Morgan fingerprint density at radius 3 is 2.24 bits per heavy atom. The van der Waals surface area contributed by atoms with Crippen molar-refractivity contribution in [3.8, 4) is 11.1 Å². The number of carboxylic acid groups (broad SMARTS) is 1. The first-order chi connectivity index (χ1) is 16.5. The highest BCUT2D eigenvalue weighted by atomic mass is 16.5. The van der Waals surface area contributed by atoms with Crippen LogP contribution in [0.25, 0.3) is 11.1 Å². The van der Waals surface area contributed by atoms with Gasteiger partial charge in [-0.2, -0.15) is 0 Å². The van der Waals surface area contributed by atoms with Gasteiger partial charge in [-0.25, -0.2) is 4.79 Å². The number of furan rings is 1. The van der Waals surface area contributed by atoms with E-state index in [9.17, 15) is 14.4 Å². The van der Waals surface area contributed by atoms with Crippen LogP contribution in [0.3, 0.4) is 0 Å². The van der Waals surface area contributed by atoms with Crippen LogP contribution < -0.4 is 10.6 Å². The normalized spacial score (nSPS) is 12.0. The highest BCUT2D eigenvalue weighted by Gasteiger charge is 2.29. The first-order valence-electron chi connectivity index (χ1n) is 11.2. The van der Waals surface area contributed by atoms with Crippen molar-refractivity contribution in [2.75, 3.05) is 13.2 Å². The molecule has 2 aromatic carbocycles. The molecular formula is C26H26N2O6. The van der Waals surface area contributed by atoms with Crippen LogP contribution in [-0.2, 0) is 16.1 Å². The van der Waals surface area contributed by atoms with Crippen LogP contribution >= 0.6 is 0 Å². The summed E-state index contributed by atoms with van der Waals surface area (Å²) in [5.41, 5.74) is 4.60. The molecule has 34 heavy (non-hydrogen) atoms. The lowest BCUT2D eigenvalue weighted by Gasteiger charge is -2.14. The highest BCUT2D eigenvalue weighted by Crippen LogP contribution is 2.44. The van der Waals surface area contributed by atoms with Crippen molar-refractivity contribution in [1.29, 1.82) is 0 Å². The van der Waals surface area contributed by atoms with Gasteiger partial charge in [0.05, 0.1) is 6.54 Å². The zero-order valence-corrected chi connectivity index (χ0v) is 18.6. The van der Waals surface area contributed by atoms with Gasteiger partial charge in [0.2, 0.25) is 0 Å². The summed E-state index contributed by atoms with van der Waals surface area (Å²) in [4.78, 5) is 34.9. The number of benzene rings is 2. The molecule has 0 fully saturated rings. The number of unbranched alkanes of at least 4 members (excludes halogenated alkanes) is 1. The maximum atomic E-state index is 12.3. The Hall–Kier alpha value is -4.07. The van der Waals surface area contributed by atoms with E-state index in [4.69, 9.17) is 14.3 Å². The summed E-state index contributed by atoms with van der Waals surface area (Å²) in [5.74, 6) is -0.715. The Morgan fingerprint density at radius 1 is 0.882 bits per heavy atom. The van der Waals surface area contributed by atoms with Gasteiger partial charge in [0.15, 0.2) is 5.76 Å². The van der Waals surface area contributed by atoms with E-state index in [0.29, 0.717) is 25.1 Å². The van der Waals surface area contributed by atoms with Crippen molar-refractivity contribution in [1.82, 2.24) is 10.6 Å². The Balaban J connectivity index is 1.24. The van der Waals surface area contributed by atoms with E-state index in [2.05, 4.69) is 34.9 Å². The second-order valence-corrected chi connectivity index (χ2v) is 8.05. The minimum atomic E-state index is -0.856. The molecule has 2 amide bonds. The number of carbonyl (C=O) groups excluding carboxylic acids is 2. The molecule has 8 nitrogen and oxygen atoms in total. The molecule has 4 rings (SSSR count). The molecule has 1 aromatic heterocycles. The molecule has 1 aliphatic carbocycles. The lowest BCUT2D eigenvalue weighted by atomic mass is 9.98. The zero-order chi connectivity index (χ0) is 23.9. The fourth-order valence-corrected chi connectivity index (χ4v) is 4.09. The third kappa shape index (κ3) is 5.46. The maximum Gasteiger partial charge on any atom is 0.407 e. The summed E-state index contributed by atoms with van der Waals surface area (Å²) in [5, 5.41) is 14.0. The van der Waals surface area contributed by atoms with Gasteiger partial charge < -0.3 is 24.9 Å². The number of carboxylic acids is 1. The number of alkyl carbamates (subject to hydrolysis) is 1. The van der Waals surface area contributed by atoms with Crippen molar-refractivity contribution in [2.45, 2.75) is 31.7 Å². The molecule has 0 bridgehead atoms. The molecule has 0 unspecified atom stereocenters. The summed E-state index contributed by atoms with van der Waals surface area (Å²) in [6.07, 6.45) is 0.558. The molecule has 0 radical (unpaired) electrons. The maximum absolute atomic E-state index is 12.3. The van der Waals surface area contributed by atoms with E-state index in [1.54, 1.807) is 6.07 Å². The molecule has 176 valence electrons. The van der Waals surface area contributed by atoms with Crippen molar-refractivity contribution in [2.24, 2.45) is 0 Å². The highest BCUT2D eigenvalue weighted by molar-refractivity contribution is 5.91. The number of nitrogens with one attached hydrogen (secondary N) is 2.